The molecule has 1 aromatic carbocycles. The van der Waals surface area contributed by atoms with Crippen molar-refractivity contribution in [2.45, 2.75) is 6.54 Å². The van der Waals surface area contributed by atoms with E-state index >= 15 is 0 Å². The number of benzene rings is 1. The minimum absolute atomic E-state index is 0.0523. The van der Waals surface area contributed by atoms with Crippen molar-refractivity contribution in [3.8, 4) is 5.88 Å². The zero-order valence-corrected chi connectivity index (χ0v) is 15.3. The van der Waals surface area contributed by atoms with E-state index in [2.05, 4.69) is 36.9 Å². The van der Waals surface area contributed by atoms with Crippen LogP contribution in [0.1, 0.15) is 0 Å². The first kappa shape index (κ1) is 17.4. The fourth-order valence-electron chi connectivity index (χ4n) is 3.42. The number of ether oxygens (including phenoxy) is 1. The van der Waals surface area contributed by atoms with Gasteiger partial charge in [-0.1, -0.05) is 0 Å². The molecule has 8 heteroatoms. The number of aromatic nitrogens is 4. The van der Waals surface area contributed by atoms with Crippen LogP contribution in [0.2, 0.25) is 0 Å². The summed E-state index contributed by atoms with van der Waals surface area (Å²) in [6, 6.07) is 6.21. The Labute approximate surface area is 157 Å². The highest BCUT2D eigenvalue weighted by Crippen LogP contribution is 2.27. The van der Waals surface area contributed by atoms with Crippen molar-refractivity contribution in [3.05, 3.63) is 53.5 Å². The van der Waals surface area contributed by atoms with Gasteiger partial charge in [0.25, 0.3) is 5.56 Å². The van der Waals surface area contributed by atoms with Crippen molar-refractivity contribution in [1.29, 1.82) is 0 Å². The van der Waals surface area contributed by atoms with E-state index in [4.69, 9.17) is 4.74 Å². The maximum Gasteiger partial charge on any atom is 0.269 e. The summed E-state index contributed by atoms with van der Waals surface area (Å²) in [5, 5.41) is 0.928. The average molecular weight is 366 g/mol. The lowest BCUT2D eigenvalue weighted by molar-refractivity contribution is 0.247. The minimum atomic E-state index is -0.0523. The molecule has 1 aliphatic rings. The topological polar surface area (TPSA) is 76.4 Å². The normalized spacial score (nSPS) is 15.2. The van der Waals surface area contributed by atoms with Gasteiger partial charge in [0.15, 0.2) is 0 Å². The first-order valence-electron chi connectivity index (χ1n) is 9.01. The van der Waals surface area contributed by atoms with Crippen LogP contribution in [-0.2, 0) is 6.54 Å². The third-order valence-electron chi connectivity index (χ3n) is 4.97. The lowest BCUT2D eigenvalue weighted by Crippen LogP contribution is -2.47. The summed E-state index contributed by atoms with van der Waals surface area (Å²) in [4.78, 5) is 28.8. The second kappa shape index (κ2) is 7.71. The maximum atomic E-state index is 11.7. The number of hydrogen-bond donors (Lipinski definition) is 0. The minimum Gasteiger partial charge on any atom is -0.480 e. The molecule has 3 aromatic rings. The summed E-state index contributed by atoms with van der Waals surface area (Å²) in [5.41, 5.74) is 1.98. The molecule has 1 saturated heterocycles. The van der Waals surface area contributed by atoms with Gasteiger partial charge in [0.05, 0.1) is 24.2 Å². The highest BCUT2D eigenvalue weighted by atomic mass is 16.5. The molecule has 1 fully saturated rings. The van der Waals surface area contributed by atoms with E-state index in [9.17, 15) is 4.79 Å². The highest BCUT2D eigenvalue weighted by molar-refractivity contribution is 5.86. The van der Waals surface area contributed by atoms with Gasteiger partial charge in [0.2, 0.25) is 5.88 Å². The average Bonchev–Trinajstić information content (AvgIpc) is 2.73. The van der Waals surface area contributed by atoms with Crippen molar-refractivity contribution in [3.63, 3.8) is 0 Å². The molecule has 27 heavy (non-hydrogen) atoms. The standard InChI is InChI=1S/C19H22N6O2/c1-27-19-16-12-15(2-3-17(16)21-14-22-19)24-9-6-23(7-10-24)8-11-25-5-4-20-13-18(25)26/h2-5,12-14H,6-11H2,1H3. The van der Waals surface area contributed by atoms with Gasteiger partial charge < -0.3 is 14.2 Å². The van der Waals surface area contributed by atoms with Gasteiger partial charge in [-0.25, -0.2) is 9.97 Å². The molecular formula is C19H22N6O2. The van der Waals surface area contributed by atoms with E-state index in [0.29, 0.717) is 12.4 Å². The van der Waals surface area contributed by atoms with Crippen LogP contribution in [-0.4, -0.2) is 64.3 Å². The van der Waals surface area contributed by atoms with Gasteiger partial charge in [-0.3, -0.25) is 14.7 Å². The van der Waals surface area contributed by atoms with Crippen molar-refractivity contribution in [1.82, 2.24) is 24.4 Å². The van der Waals surface area contributed by atoms with Crippen LogP contribution < -0.4 is 15.2 Å². The summed E-state index contributed by atoms with van der Waals surface area (Å²) >= 11 is 0. The van der Waals surface area contributed by atoms with Gasteiger partial charge >= 0.3 is 0 Å². The second-order valence-corrected chi connectivity index (χ2v) is 6.52. The molecule has 0 spiro atoms. The van der Waals surface area contributed by atoms with Crippen molar-refractivity contribution < 1.29 is 4.74 Å². The summed E-state index contributed by atoms with van der Waals surface area (Å²) in [6.07, 6.45) is 6.27. The number of nitrogens with zero attached hydrogens (tertiary/aromatic N) is 6. The molecule has 0 unspecified atom stereocenters. The molecular weight excluding hydrogens is 344 g/mol. The van der Waals surface area contributed by atoms with Crippen LogP contribution in [0.15, 0.2) is 47.9 Å². The lowest BCUT2D eigenvalue weighted by atomic mass is 10.2. The number of rotatable bonds is 5. The predicted molar refractivity (Wildman–Crippen MR) is 103 cm³/mol. The van der Waals surface area contributed by atoms with E-state index in [0.717, 1.165) is 49.3 Å². The fraction of sp³-hybridized carbons (Fsp3) is 0.368. The van der Waals surface area contributed by atoms with Gasteiger partial charge in [-0.2, -0.15) is 0 Å². The molecule has 1 aliphatic heterocycles. The summed E-state index contributed by atoms with van der Waals surface area (Å²) < 4.78 is 7.06. The van der Waals surface area contributed by atoms with E-state index in [1.165, 1.54) is 12.5 Å². The van der Waals surface area contributed by atoms with Crippen LogP contribution in [0.4, 0.5) is 5.69 Å². The number of piperazine rings is 1. The zero-order valence-electron chi connectivity index (χ0n) is 15.3. The Balaban J connectivity index is 1.40. The van der Waals surface area contributed by atoms with E-state index in [1.807, 2.05) is 6.07 Å². The first-order chi connectivity index (χ1) is 13.2. The predicted octanol–water partition coefficient (Wildman–Crippen LogP) is 1.02. The number of methoxy groups -OCH3 is 1. The largest absolute Gasteiger partial charge is 0.480 e. The Kier molecular flexibility index (Phi) is 4.97. The van der Waals surface area contributed by atoms with Crippen LogP contribution in [0.3, 0.4) is 0 Å². The summed E-state index contributed by atoms with van der Waals surface area (Å²) in [7, 11) is 1.63. The Morgan fingerprint density at radius 1 is 1.11 bits per heavy atom. The molecule has 0 amide bonds. The molecule has 0 bridgehead atoms. The van der Waals surface area contributed by atoms with E-state index in [-0.39, 0.29) is 5.56 Å². The highest BCUT2D eigenvalue weighted by Gasteiger charge is 2.18. The van der Waals surface area contributed by atoms with Gasteiger partial charge in [-0.05, 0) is 18.2 Å². The van der Waals surface area contributed by atoms with Gasteiger partial charge in [0.1, 0.15) is 6.33 Å². The molecule has 4 rings (SSSR count). The SMILES string of the molecule is COc1ncnc2ccc(N3CCN(CCn4ccncc4=O)CC3)cc12. The Morgan fingerprint density at radius 2 is 1.96 bits per heavy atom. The summed E-state index contributed by atoms with van der Waals surface area (Å²) in [6.45, 7) is 5.34. The quantitative estimate of drug-likeness (QED) is 0.667. The zero-order chi connectivity index (χ0) is 18.6. The molecule has 0 saturated carbocycles. The lowest BCUT2D eigenvalue weighted by Gasteiger charge is -2.36. The first-order valence-corrected chi connectivity index (χ1v) is 9.01. The van der Waals surface area contributed by atoms with Gasteiger partial charge in [0, 0.05) is 57.3 Å². The fourth-order valence-corrected chi connectivity index (χ4v) is 3.42. The maximum absolute atomic E-state index is 11.7. The third kappa shape index (κ3) is 3.75. The summed E-state index contributed by atoms with van der Waals surface area (Å²) in [5.74, 6) is 0.600. The number of anilines is 1. The number of hydrogen-bond acceptors (Lipinski definition) is 7. The monoisotopic (exact) mass is 366 g/mol. The third-order valence-corrected chi connectivity index (χ3v) is 4.97. The van der Waals surface area contributed by atoms with Crippen LogP contribution in [0, 0.1) is 0 Å². The molecule has 0 N–H and O–H groups in total. The van der Waals surface area contributed by atoms with Crippen molar-refractivity contribution in [2.75, 3.05) is 44.7 Å². The molecule has 0 aliphatic carbocycles. The van der Waals surface area contributed by atoms with Crippen LogP contribution >= 0.6 is 0 Å². The Hall–Kier alpha value is -3.00. The molecule has 3 heterocycles. The molecule has 0 atom stereocenters. The van der Waals surface area contributed by atoms with Crippen LogP contribution in [0.5, 0.6) is 5.88 Å². The molecule has 140 valence electrons. The van der Waals surface area contributed by atoms with Crippen molar-refractivity contribution in [2.24, 2.45) is 0 Å². The van der Waals surface area contributed by atoms with Gasteiger partial charge in [-0.15, -0.1) is 0 Å². The van der Waals surface area contributed by atoms with E-state index < -0.39 is 0 Å². The number of fused-ring (bicyclic) bond motifs is 1. The molecule has 0 radical (unpaired) electrons. The van der Waals surface area contributed by atoms with Crippen LogP contribution in [0.25, 0.3) is 10.9 Å². The van der Waals surface area contributed by atoms with E-state index in [1.54, 1.807) is 24.1 Å². The second-order valence-electron chi connectivity index (χ2n) is 6.52. The van der Waals surface area contributed by atoms with Crippen molar-refractivity contribution >= 4 is 16.6 Å². The smallest absolute Gasteiger partial charge is 0.269 e. The Morgan fingerprint density at radius 3 is 2.74 bits per heavy atom. The Bertz CT molecular complexity index is 981. The molecule has 8 nitrogen and oxygen atoms in total. The molecule has 2 aromatic heterocycles.